The topological polar surface area (TPSA) is 41.6 Å². The van der Waals surface area contributed by atoms with Crippen molar-refractivity contribution in [2.24, 2.45) is 0 Å². The van der Waals surface area contributed by atoms with E-state index in [1.54, 1.807) is 7.11 Å². The second kappa shape index (κ2) is 6.36. The van der Waals surface area contributed by atoms with Crippen molar-refractivity contribution in [3.05, 3.63) is 0 Å². The number of amides is 1. The Morgan fingerprint density at radius 2 is 2.18 bits per heavy atom. The maximum atomic E-state index is 12.0. The van der Waals surface area contributed by atoms with E-state index in [0.717, 1.165) is 13.0 Å². The zero-order valence-electron chi connectivity index (χ0n) is 11.6. The monoisotopic (exact) mass is 242 g/mol. The first kappa shape index (κ1) is 14.5. The molecule has 1 fully saturated rings. The van der Waals surface area contributed by atoms with Gasteiger partial charge in [-0.3, -0.25) is 4.79 Å². The molecule has 0 aromatic rings. The molecule has 1 atom stereocenters. The van der Waals surface area contributed by atoms with Gasteiger partial charge in [0.15, 0.2) is 0 Å². The molecule has 0 saturated carbocycles. The van der Waals surface area contributed by atoms with Crippen LogP contribution in [0.25, 0.3) is 0 Å². The third-order valence-electron chi connectivity index (χ3n) is 3.33. The lowest BCUT2D eigenvalue weighted by atomic mass is 9.99. The molecule has 1 amide bonds. The Labute approximate surface area is 105 Å². The first-order valence-electron chi connectivity index (χ1n) is 6.45. The van der Waals surface area contributed by atoms with Crippen LogP contribution in [0.4, 0.5) is 0 Å². The lowest BCUT2D eigenvalue weighted by molar-refractivity contribution is -0.124. The van der Waals surface area contributed by atoms with Crippen molar-refractivity contribution in [1.82, 2.24) is 10.2 Å². The Bertz CT molecular complexity index is 254. The molecule has 1 heterocycles. The third kappa shape index (κ3) is 5.04. The molecule has 0 spiro atoms. The predicted molar refractivity (Wildman–Crippen MR) is 69.0 cm³/mol. The molecule has 4 nitrogen and oxygen atoms in total. The smallest absolute Gasteiger partial charge is 0.222 e. The van der Waals surface area contributed by atoms with Gasteiger partial charge < -0.3 is 15.0 Å². The number of methoxy groups -OCH3 is 1. The molecule has 17 heavy (non-hydrogen) atoms. The highest BCUT2D eigenvalue weighted by atomic mass is 16.5. The lowest BCUT2D eigenvalue weighted by Gasteiger charge is -2.33. The van der Waals surface area contributed by atoms with E-state index >= 15 is 0 Å². The minimum Gasteiger partial charge on any atom is -0.382 e. The van der Waals surface area contributed by atoms with E-state index < -0.39 is 0 Å². The molecular weight excluding hydrogens is 216 g/mol. The standard InChI is InChI=1S/C13H26N2O2/c1-13(2,10-17-4)14-12(16)9-11-7-5-6-8-15(11)3/h11H,5-10H2,1-4H3,(H,14,16)/t11-/m1/s1. The number of hydrogen-bond donors (Lipinski definition) is 1. The number of likely N-dealkylation sites (tertiary alicyclic amines) is 1. The zero-order chi connectivity index (χ0) is 12.9. The van der Waals surface area contributed by atoms with Crippen molar-refractivity contribution in [3.63, 3.8) is 0 Å². The number of hydrogen-bond acceptors (Lipinski definition) is 3. The summed E-state index contributed by atoms with van der Waals surface area (Å²) >= 11 is 0. The van der Waals surface area contributed by atoms with E-state index in [9.17, 15) is 4.79 Å². The van der Waals surface area contributed by atoms with Crippen LogP contribution in [-0.4, -0.2) is 49.7 Å². The summed E-state index contributed by atoms with van der Waals surface area (Å²) in [5.74, 6) is 0.130. The zero-order valence-corrected chi connectivity index (χ0v) is 11.6. The lowest BCUT2D eigenvalue weighted by Crippen LogP contribution is -2.49. The fourth-order valence-electron chi connectivity index (χ4n) is 2.44. The molecule has 1 rings (SSSR count). The van der Waals surface area contributed by atoms with Crippen LogP contribution in [0, 0.1) is 0 Å². The van der Waals surface area contributed by atoms with Crippen LogP contribution in [-0.2, 0) is 9.53 Å². The number of piperidine rings is 1. The van der Waals surface area contributed by atoms with Gasteiger partial charge in [0.1, 0.15) is 0 Å². The Balaban J connectivity index is 2.38. The average molecular weight is 242 g/mol. The van der Waals surface area contributed by atoms with Gasteiger partial charge >= 0.3 is 0 Å². The second-order valence-electron chi connectivity index (χ2n) is 5.70. The van der Waals surface area contributed by atoms with Crippen LogP contribution in [0.3, 0.4) is 0 Å². The Hall–Kier alpha value is -0.610. The summed E-state index contributed by atoms with van der Waals surface area (Å²) in [7, 11) is 3.76. The highest BCUT2D eigenvalue weighted by Crippen LogP contribution is 2.18. The normalized spacial score (nSPS) is 22.5. The Morgan fingerprint density at radius 3 is 2.76 bits per heavy atom. The van der Waals surface area contributed by atoms with Crippen LogP contribution in [0.5, 0.6) is 0 Å². The highest BCUT2D eigenvalue weighted by molar-refractivity contribution is 5.77. The van der Waals surface area contributed by atoms with Crippen molar-refractivity contribution in [3.8, 4) is 0 Å². The second-order valence-corrected chi connectivity index (χ2v) is 5.70. The molecule has 1 aliphatic rings. The molecular formula is C13H26N2O2. The molecule has 0 aromatic heterocycles. The van der Waals surface area contributed by atoms with Crippen LogP contribution in [0.15, 0.2) is 0 Å². The van der Waals surface area contributed by atoms with E-state index in [0.29, 0.717) is 19.1 Å². The summed E-state index contributed by atoms with van der Waals surface area (Å²) in [4.78, 5) is 14.3. The molecule has 1 aliphatic heterocycles. The first-order chi connectivity index (χ1) is 7.94. The Kier molecular flexibility index (Phi) is 5.40. The number of nitrogens with one attached hydrogen (secondary N) is 1. The van der Waals surface area contributed by atoms with E-state index in [2.05, 4.69) is 17.3 Å². The molecule has 100 valence electrons. The van der Waals surface area contributed by atoms with Gasteiger partial charge in [0.2, 0.25) is 5.91 Å². The largest absolute Gasteiger partial charge is 0.382 e. The van der Waals surface area contributed by atoms with Crippen LogP contribution >= 0.6 is 0 Å². The number of carbonyl (C=O) groups is 1. The van der Waals surface area contributed by atoms with Gasteiger partial charge in [-0.25, -0.2) is 0 Å². The molecule has 0 radical (unpaired) electrons. The van der Waals surface area contributed by atoms with Gasteiger partial charge in [-0.05, 0) is 40.3 Å². The van der Waals surface area contributed by atoms with Crippen molar-refractivity contribution in [1.29, 1.82) is 0 Å². The van der Waals surface area contributed by atoms with Crippen LogP contribution in [0.2, 0.25) is 0 Å². The van der Waals surface area contributed by atoms with E-state index in [4.69, 9.17) is 4.74 Å². The SMILES string of the molecule is COCC(C)(C)NC(=O)C[C@H]1CCCCN1C. The maximum absolute atomic E-state index is 12.0. The van der Waals surface area contributed by atoms with Gasteiger partial charge in [0.05, 0.1) is 12.1 Å². The van der Waals surface area contributed by atoms with Gasteiger partial charge in [-0.2, -0.15) is 0 Å². The van der Waals surface area contributed by atoms with E-state index in [1.165, 1.54) is 12.8 Å². The average Bonchev–Trinajstić information content (AvgIpc) is 2.20. The number of ether oxygens (including phenoxy) is 1. The van der Waals surface area contributed by atoms with Gasteiger partial charge in [0.25, 0.3) is 0 Å². The summed E-state index contributed by atoms with van der Waals surface area (Å²) in [5.41, 5.74) is -0.279. The number of carbonyl (C=O) groups excluding carboxylic acids is 1. The minimum absolute atomic E-state index is 0.130. The van der Waals surface area contributed by atoms with Crippen molar-refractivity contribution >= 4 is 5.91 Å². The van der Waals surface area contributed by atoms with Crippen LogP contribution < -0.4 is 5.32 Å². The Morgan fingerprint density at radius 1 is 1.47 bits per heavy atom. The summed E-state index contributed by atoms with van der Waals surface area (Å²) in [6.45, 7) is 5.62. The third-order valence-corrected chi connectivity index (χ3v) is 3.33. The van der Waals surface area contributed by atoms with Gasteiger partial charge in [-0.1, -0.05) is 6.42 Å². The molecule has 1 saturated heterocycles. The summed E-state index contributed by atoms with van der Waals surface area (Å²) < 4.78 is 5.09. The highest BCUT2D eigenvalue weighted by Gasteiger charge is 2.25. The fraction of sp³-hybridized carbons (Fsp3) is 0.923. The summed E-state index contributed by atoms with van der Waals surface area (Å²) in [6, 6.07) is 0.405. The first-order valence-corrected chi connectivity index (χ1v) is 6.45. The quantitative estimate of drug-likeness (QED) is 0.792. The summed E-state index contributed by atoms with van der Waals surface area (Å²) in [6.07, 6.45) is 4.23. The van der Waals surface area contributed by atoms with E-state index in [1.807, 2.05) is 13.8 Å². The maximum Gasteiger partial charge on any atom is 0.222 e. The molecule has 0 aromatic carbocycles. The van der Waals surface area contributed by atoms with Crippen molar-refractivity contribution in [2.75, 3.05) is 27.3 Å². The molecule has 4 heteroatoms. The van der Waals surface area contributed by atoms with Gasteiger partial charge in [0, 0.05) is 19.6 Å². The minimum atomic E-state index is -0.279. The van der Waals surface area contributed by atoms with E-state index in [-0.39, 0.29) is 11.4 Å². The van der Waals surface area contributed by atoms with Crippen molar-refractivity contribution < 1.29 is 9.53 Å². The van der Waals surface area contributed by atoms with Crippen LogP contribution in [0.1, 0.15) is 39.5 Å². The van der Waals surface area contributed by atoms with Gasteiger partial charge in [-0.15, -0.1) is 0 Å². The molecule has 0 bridgehead atoms. The molecule has 0 unspecified atom stereocenters. The number of rotatable bonds is 5. The number of nitrogens with zero attached hydrogens (tertiary/aromatic N) is 1. The van der Waals surface area contributed by atoms with Crippen molar-refractivity contribution in [2.45, 2.75) is 51.1 Å². The molecule has 0 aliphatic carbocycles. The summed E-state index contributed by atoms with van der Waals surface area (Å²) in [5, 5.41) is 3.03. The molecule has 1 N–H and O–H groups in total. The fourth-order valence-corrected chi connectivity index (χ4v) is 2.44. The predicted octanol–water partition coefficient (Wildman–Crippen LogP) is 1.40.